The third-order valence-electron chi connectivity index (χ3n) is 3.15. The summed E-state index contributed by atoms with van der Waals surface area (Å²) in [4.78, 5) is 23.4. The zero-order chi connectivity index (χ0) is 16.2. The minimum absolute atomic E-state index is 0.0259. The van der Waals surface area contributed by atoms with Crippen molar-refractivity contribution in [1.29, 1.82) is 0 Å². The number of ether oxygens (including phenoxy) is 1. The molecule has 0 amide bonds. The number of sulfone groups is 1. The van der Waals surface area contributed by atoms with Gasteiger partial charge in [-0.15, -0.1) is 0 Å². The molecule has 116 valence electrons. The Kier molecular flexibility index (Phi) is 5.66. The van der Waals surface area contributed by atoms with Crippen LogP contribution in [0.15, 0.2) is 23.1 Å². The zero-order valence-corrected chi connectivity index (χ0v) is 13.5. The van der Waals surface area contributed by atoms with Crippen LogP contribution >= 0.6 is 0 Å². The molecule has 21 heavy (non-hydrogen) atoms. The summed E-state index contributed by atoms with van der Waals surface area (Å²) in [6, 6.07) is 4.66. The van der Waals surface area contributed by atoms with Crippen LogP contribution in [0.5, 0.6) is 0 Å². The largest absolute Gasteiger partial charge is 0.469 e. The summed E-state index contributed by atoms with van der Waals surface area (Å²) >= 11 is 0. The van der Waals surface area contributed by atoms with Gasteiger partial charge >= 0.3 is 5.97 Å². The molecular weight excluding hydrogens is 292 g/mol. The Bertz CT molecular complexity index is 644. The predicted molar refractivity (Wildman–Crippen MR) is 79.1 cm³/mol. The Morgan fingerprint density at radius 2 is 1.81 bits per heavy atom. The molecule has 6 heteroatoms. The summed E-state index contributed by atoms with van der Waals surface area (Å²) < 4.78 is 29.1. The number of Topliss-reactive ketones (excluding diaryl/α,β-unsaturated/α-hetero) is 1. The summed E-state index contributed by atoms with van der Waals surface area (Å²) in [6.07, 6.45) is -0.138. The Morgan fingerprint density at radius 1 is 1.19 bits per heavy atom. The second-order valence-corrected chi connectivity index (χ2v) is 7.57. The van der Waals surface area contributed by atoms with Crippen LogP contribution in [-0.2, 0) is 19.4 Å². The van der Waals surface area contributed by atoms with E-state index in [1.54, 1.807) is 32.9 Å². The van der Waals surface area contributed by atoms with Gasteiger partial charge in [-0.3, -0.25) is 9.59 Å². The molecular formula is C15H20O5S. The van der Waals surface area contributed by atoms with E-state index in [1.165, 1.54) is 13.2 Å². The SMILES string of the molecule is COC(=O)CCC(=O)c1cc(C)ccc1S(=O)(=O)C(C)C. The van der Waals surface area contributed by atoms with Gasteiger partial charge in [0.2, 0.25) is 0 Å². The number of carbonyl (C=O) groups is 2. The van der Waals surface area contributed by atoms with Crippen molar-refractivity contribution < 1.29 is 22.7 Å². The first-order chi connectivity index (χ1) is 9.70. The zero-order valence-electron chi connectivity index (χ0n) is 12.7. The van der Waals surface area contributed by atoms with Gasteiger partial charge in [0.25, 0.3) is 0 Å². The number of aryl methyl sites for hydroxylation is 1. The topological polar surface area (TPSA) is 77.5 Å². The van der Waals surface area contributed by atoms with Gasteiger partial charge in [-0.05, 0) is 32.9 Å². The van der Waals surface area contributed by atoms with Crippen molar-refractivity contribution in [2.45, 2.75) is 43.8 Å². The third kappa shape index (κ3) is 4.14. The van der Waals surface area contributed by atoms with E-state index in [0.29, 0.717) is 0 Å². The van der Waals surface area contributed by atoms with Crippen LogP contribution in [0.3, 0.4) is 0 Å². The first kappa shape index (κ1) is 17.4. The van der Waals surface area contributed by atoms with Crippen LogP contribution in [-0.4, -0.2) is 32.5 Å². The molecule has 0 atom stereocenters. The Morgan fingerprint density at radius 3 is 2.33 bits per heavy atom. The number of ketones is 1. The van der Waals surface area contributed by atoms with Crippen LogP contribution in [0.25, 0.3) is 0 Å². The molecule has 0 saturated heterocycles. The fourth-order valence-corrected chi connectivity index (χ4v) is 3.06. The normalized spacial score (nSPS) is 11.5. The molecule has 0 unspecified atom stereocenters. The average Bonchev–Trinajstić information content (AvgIpc) is 2.43. The van der Waals surface area contributed by atoms with Gasteiger partial charge in [0.1, 0.15) is 0 Å². The fourth-order valence-electron chi connectivity index (χ4n) is 1.82. The van der Waals surface area contributed by atoms with E-state index in [9.17, 15) is 18.0 Å². The fraction of sp³-hybridized carbons (Fsp3) is 0.467. The van der Waals surface area contributed by atoms with Gasteiger partial charge in [-0.25, -0.2) is 8.42 Å². The van der Waals surface area contributed by atoms with Gasteiger partial charge in [-0.2, -0.15) is 0 Å². The van der Waals surface area contributed by atoms with Crippen molar-refractivity contribution in [2.75, 3.05) is 7.11 Å². The summed E-state index contributed by atoms with van der Waals surface area (Å²) in [5.41, 5.74) is 0.937. The highest BCUT2D eigenvalue weighted by molar-refractivity contribution is 7.92. The number of rotatable bonds is 6. The van der Waals surface area contributed by atoms with E-state index in [2.05, 4.69) is 4.74 Å². The molecule has 0 aliphatic heterocycles. The second-order valence-electron chi connectivity index (χ2n) is 5.09. The lowest BCUT2D eigenvalue weighted by Gasteiger charge is -2.13. The molecule has 1 aromatic carbocycles. The predicted octanol–water partition coefficient (Wildman–Crippen LogP) is 2.31. The molecule has 0 aliphatic carbocycles. The average molecular weight is 312 g/mol. The van der Waals surface area contributed by atoms with Crippen molar-refractivity contribution in [3.63, 3.8) is 0 Å². The molecule has 0 bridgehead atoms. The summed E-state index contributed by atoms with van der Waals surface area (Å²) in [5.74, 6) is -0.868. The number of methoxy groups -OCH3 is 1. The van der Waals surface area contributed by atoms with Crippen molar-refractivity contribution in [3.05, 3.63) is 29.3 Å². The summed E-state index contributed by atoms with van der Waals surface area (Å²) in [5, 5.41) is -0.618. The number of hydrogen-bond donors (Lipinski definition) is 0. The van der Waals surface area contributed by atoms with Crippen LogP contribution in [0.1, 0.15) is 42.6 Å². The minimum Gasteiger partial charge on any atom is -0.469 e. The van der Waals surface area contributed by atoms with E-state index in [1.807, 2.05) is 0 Å². The van der Waals surface area contributed by atoms with E-state index < -0.39 is 21.1 Å². The number of esters is 1. The molecule has 0 N–H and O–H groups in total. The lowest BCUT2D eigenvalue weighted by Crippen LogP contribution is -2.18. The second kappa shape index (κ2) is 6.85. The number of carbonyl (C=O) groups excluding carboxylic acids is 2. The Labute approximate surface area is 125 Å². The molecule has 0 fully saturated rings. The van der Waals surface area contributed by atoms with Crippen LogP contribution < -0.4 is 0 Å². The highest BCUT2D eigenvalue weighted by atomic mass is 32.2. The van der Waals surface area contributed by atoms with Gasteiger partial charge in [0, 0.05) is 12.0 Å². The minimum atomic E-state index is -3.55. The van der Waals surface area contributed by atoms with Gasteiger partial charge in [-0.1, -0.05) is 11.6 Å². The molecule has 1 rings (SSSR count). The highest BCUT2D eigenvalue weighted by Gasteiger charge is 2.25. The first-order valence-electron chi connectivity index (χ1n) is 6.64. The Hall–Kier alpha value is -1.69. The number of hydrogen-bond acceptors (Lipinski definition) is 5. The van der Waals surface area contributed by atoms with E-state index >= 15 is 0 Å². The third-order valence-corrected chi connectivity index (χ3v) is 5.36. The smallest absolute Gasteiger partial charge is 0.305 e. The van der Waals surface area contributed by atoms with Gasteiger partial charge < -0.3 is 4.74 Å². The maximum Gasteiger partial charge on any atom is 0.305 e. The van der Waals surface area contributed by atoms with Crippen molar-refractivity contribution in [1.82, 2.24) is 0 Å². The van der Waals surface area contributed by atoms with Gasteiger partial charge in [0.15, 0.2) is 15.6 Å². The molecule has 0 saturated carbocycles. The number of benzene rings is 1. The molecule has 0 spiro atoms. The van der Waals surface area contributed by atoms with E-state index in [0.717, 1.165) is 5.56 Å². The van der Waals surface area contributed by atoms with E-state index in [4.69, 9.17) is 0 Å². The van der Waals surface area contributed by atoms with Crippen molar-refractivity contribution in [2.24, 2.45) is 0 Å². The standard InChI is InChI=1S/C15H20O5S/c1-10(2)21(18,19)14-7-5-11(3)9-12(14)13(16)6-8-15(17)20-4/h5,7,9-10H,6,8H2,1-4H3. The maximum atomic E-state index is 12.3. The van der Waals surface area contributed by atoms with Crippen LogP contribution in [0, 0.1) is 6.92 Å². The molecule has 5 nitrogen and oxygen atoms in total. The van der Waals surface area contributed by atoms with Crippen LogP contribution in [0.4, 0.5) is 0 Å². The first-order valence-corrected chi connectivity index (χ1v) is 8.19. The molecule has 0 radical (unpaired) electrons. The van der Waals surface area contributed by atoms with Crippen molar-refractivity contribution in [3.8, 4) is 0 Å². The van der Waals surface area contributed by atoms with Crippen molar-refractivity contribution >= 4 is 21.6 Å². The maximum absolute atomic E-state index is 12.3. The molecule has 0 aliphatic rings. The molecule has 0 heterocycles. The lowest BCUT2D eigenvalue weighted by molar-refractivity contribution is -0.140. The highest BCUT2D eigenvalue weighted by Crippen LogP contribution is 2.23. The molecule has 1 aromatic rings. The van der Waals surface area contributed by atoms with Crippen LogP contribution in [0.2, 0.25) is 0 Å². The van der Waals surface area contributed by atoms with Gasteiger partial charge in [0.05, 0.1) is 23.7 Å². The summed E-state index contributed by atoms with van der Waals surface area (Å²) in [7, 11) is -2.31. The quantitative estimate of drug-likeness (QED) is 0.595. The summed E-state index contributed by atoms with van der Waals surface area (Å²) in [6.45, 7) is 4.92. The molecule has 0 aromatic heterocycles. The monoisotopic (exact) mass is 312 g/mol. The Balaban J connectivity index is 3.20. The lowest BCUT2D eigenvalue weighted by atomic mass is 10.0. The van der Waals surface area contributed by atoms with E-state index in [-0.39, 0.29) is 29.1 Å².